The van der Waals surface area contributed by atoms with E-state index < -0.39 is 0 Å². The van der Waals surface area contributed by atoms with Crippen LogP contribution < -0.4 is 5.73 Å². The van der Waals surface area contributed by atoms with Gasteiger partial charge >= 0.3 is 0 Å². The minimum atomic E-state index is -0.320. The van der Waals surface area contributed by atoms with Crippen LogP contribution in [0.3, 0.4) is 0 Å². The van der Waals surface area contributed by atoms with Gasteiger partial charge in [0.25, 0.3) is 0 Å². The molecule has 66 valence electrons. The first-order valence-corrected chi connectivity index (χ1v) is 3.86. The van der Waals surface area contributed by atoms with Crippen LogP contribution >= 0.6 is 0 Å². The molecule has 0 atom stereocenters. The summed E-state index contributed by atoms with van der Waals surface area (Å²) < 4.78 is 0. The zero-order chi connectivity index (χ0) is 9.14. The minimum absolute atomic E-state index is 0.0463. The molecular weight excluding hydrogens is 156 g/mol. The molecule has 1 aliphatic rings. The number of hydrogen-bond donors (Lipinski definition) is 1. The van der Waals surface area contributed by atoms with Crippen LogP contribution in [0.2, 0.25) is 0 Å². The molecule has 0 aromatic rings. The number of carbonyl (C=O) groups is 2. The third-order valence-electron chi connectivity index (χ3n) is 1.90. The number of primary amides is 1. The first kappa shape index (κ1) is 8.77. The number of rotatable bonds is 2. The van der Waals surface area contributed by atoms with E-state index in [1.807, 2.05) is 0 Å². The Labute approximate surface area is 71.0 Å². The van der Waals surface area contributed by atoms with E-state index >= 15 is 0 Å². The fourth-order valence-corrected chi connectivity index (χ4v) is 1.09. The lowest BCUT2D eigenvalue weighted by atomic mass is 10.00. The molecule has 1 aliphatic heterocycles. The van der Waals surface area contributed by atoms with Crippen LogP contribution in [0.15, 0.2) is 12.2 Å². The second-order valence-electron chi connectivity index (χ2n) is 2.84. The fourth-order valence-electron chi connectivity index (χ4n) is 1.09. The predicted molar refractivity (Wildman–Crippen MR) is 44.1 cm³/mol. The lowest BCUT2D eigenvalue weighted by Gasteiger charge is -2.36. The molecule has 1 heterocycles. The Morgan fingerprint density at radius 2 is 2.08 bits per heavy atom. The van der Waals surface area contributed by atoms with E-state index in [-0.39, 0.29) is 17.7 Å². The van der Waals surface area contributed by atoms with Crippen molar-refractivity contribution in [2.75, 3.05) is 13.1 Å². The number of allylic oxidation sites excluding steroid dienone is 1. The average Bonchev–Trinajstić information content (AvgIpc) is 1.82. The van der Waals surface area contributed by atoms with E-state index in [2.05, 4.69) is 0 Å². The number of nitrogens with two attached hydrogens (primary N) is 1. The van der Waals surface area contributed by atoms with Gasteiger partial charge in [-0.3, -0.25) is 9.59 Å². The van der Waals surface area contributed by atoms with Gasteiger partial charge in [0.05, 0.1) is 5.92 Å². The molecule has 1 rings (SSSR count). The van der Waals surface area contributed by atoms with Crippen LogP contribution in [0, 0.1) is 5.92 Å². The van der Waals surface area contributed by atoms with E-state index in [0.717, 1.165) is 0 Å². The first-order valence-electron chi connectivity index (χ1n) is 3.86. The average molecular weight is 168 g/mol. The topological polar surface area (TPSA) is 63.4 Å². The molecule has 0 aromatic carbocycles. The van der Waals surface area contributed by atoms with Crippen LogP contribution in [0.5, 0.6) is 0 Å². The highest BCUT2D eigenvalue weighted by Gasteiger charge is 2.32. The molecule has 1 fully saturated rings. The summed E-state index contributed by atoms with van der Waals surface area (Å²) in [7, 11) is 0. The van der Waals surface area contributed by atoms with Gasteiger partial charge in [-0.05, 0) is 13.0 Å². The van der Waals surface area contributed by atoms with Crippen molar-refractivity contribution in [2.24, 2.45) is 11.7 Å². The van der Waals surface area contributed by atoms with Crippen molar-refractivity contribution in [2.45, 2.75) is 6.92 Å². The van der Waals surface area contributed by atoms with Crippen LogP contribution in [-0.2, 0) is 9.59 Å². The Morgan fingerprint density at radius 3 is 2.50 bits per heavy atom. The number of carbonyl (C=O) groups excluding carboxylic acids is 2. The first-order chi connectivity index (χ1) is 5.65. The molecule has 0 aromatic heterocycles. The standard InChI is InChI=1S/C8H12N2O2/c1-2-3-7(11)10-4-6(5-10)8(9)12/h2-3,6H,4-5H2,1H3,(H2,9,12)/b3-2+. The molecule has 12 heavy (non-hydrogen) atoms. The highest BCUT2D eigenvalue weighted by molar-refractivity contribution is 5.90. The summed E-state index contributed by atoms with van der Waals surface area (Å²) in [6, 6.07) is 0. The van der Waals surface area contributed by atoms with Crippen molar-refractivity contribution in [1.82, 2.24) is 4.90 Å². The largest absolute Gasteiger partial charge is 0.369 e. The van der Waals surface area contributed by atoms with Gasteiger partial charge in [0, 0.05) is 13.1 Å². The van der Waals surface area contributed by atoms with E-state index in [4.69, 9.17) is 5.73 Å². The number of nitrogens with zero attached hydrogens (tertiary/aromatic N) is 1. The van der Waals surface area contributed by atoms with Crippen molar-refractivity contribution in [3.05, 3.63) is 12.2 Å². The Balaban J connectivity index is 2.34. The summed E-state index contributed by atoms with van der Waals surface area (Å²) in [5, 5.41) is 0. The molecule has 4 nitrogen and oxygen atoms in total. The molecule has 2 N–H and O–H groups in total. The molecule has 0 unspecified atom stereocenters. The minimum Gasteiger partial charge on any atom is -0.369 e. The van der Waals surface area contributed by atoms with Gasteiger partial charge in [0.1, 0.15) is 0 Å². The molecule has 0 saturated carbocycles. The molecule has 0 bridgehead atoms. The van der Waals surface area contributed by atoms with Crippen molar-refractivity contribution in [3.8, 4) is 0 Å². The predicted octanol–water partition coefficient (Wildman–Crippen LogP) is -0.494. The lowest BCUT2D eigenvalue weighted by molar-refractivity contribution is -0.137. The second kappa shape index (κ2) is 3.38. The highest BCUT2D eigenvalue weighted by Crippen LogP contribution is 2.14. The summed E-state index contributed by atoms with van der Waals surface area (Å²) in [4.78, 5) is 23.2. The molecule has 0 radical (unpaired) electrons. The molecule has 1 saturated heterocycles. The summed E-state index contributed by atoms with van der Waals surface area (Å²) >= 11 is 0. The van der Waals surface area contributed by atoms with E-state index in [1.54, 1.807) is 17.9 Å². The number of likely N-dealkylation sites (tertiary alicyclic amines) is 1. The lowest BCUT2D eigenvalue weighted by Crippen LogP contribution is -2.54. The van der Waals surface area contributed by atoms with Crippen molar-refractivity contribution < 1.29 is 9.59 Å². The SMILES string of the molecule is C/C=C/C(=O)N1CC(C(N)=O)C1. The van der Waals surface area contributed by atoms with Crippen LogP contribution in [0.4, 0.5) is 0 Å². The van der Waals surface area contributed by atoms with Crippen molar-refractivity contribution in [3.63, 3.8) is 0 Å². The van der Waals surface area contributed by atoms with E-state index in [1.165, 1.54) is 6.08 Å². The van der Waals surface area contributed by atoms with Crippen LogP contribution in [0.1, 0.15) is 6.92 Å². The third kappa shape index (κ3) is 1.64. The van der Waals surface area contributed by atoms with E-state index in [0.29, 0.717) is 13.1 Å². The molecule has 0 spiro atoms. The molecular formula is C8H12N2O2. The highest BCUT2D eigenvalue weighted by atomic mass is 16.2. The third-order valence-corrected chi connectivity index (χ3v) is 1.90. The second-order valence-corrected chi connectivity index (χ2v) is 2.84. The summed E-state index contributed by atoms with van der Waals surface area (Å²) in [6.07, 6.45) is 3.16. The smallest absolute Gasteiger partial charge is 0.246 e. The van der Waals surface area contributed by atoms with Crippen LogP contribution in [0.25, 0.3) is 0 Å². The summed E-state index contributed by atoms with van der Waals surface area (Å²) in [6.45, 7) is 2.72. The molecule has 0 aliphatic carbocycles. The maximum atomic E-state index is 11.1. The summed E-state index contributed by atoms with van der Waals surface area (Å²) in [5.41, 5.74) is 5.04. The van der Waals surface area contributed by atoms with Gasteiger partial charge in [-0.15, -0.1) is 0 Å². The number of hydrogen-bond acceptors (Lipinski definition) is 2. The van der Waals surface area contributed by atoms with Gasteiger partial charge in [-0.1, -0.05) is 6.08 Å². The van der Waals surface area contributed by atoms with Gasteiger partial charge in [-0.2, -0.15) is 0 Å². The number of amides is 2. The Bertz CT molecular complexity index is 229. The fraction of sp³-hybridized carbons (Fsp3) is 0.500. The van der Waals surface area contributed by atoms with Gasteiger partial charge in [-0.25, -0.2) is 0 Å². The Morgan fingerprint density at radius 1 is 1.50 bits per heavy atom. The van der Waals surface area contributed by atoms with Crippen LogP contribution in [-0.4, -0.2) is 29.8 Å². The zero-order valence-corrected chi connectivity index (χ0v) is 6.99. The maximum absolute atomic E-state index is 11.1. The van der Waals surface area contributed by atoms with Gasteiger partial charge in [0.2, 0.25) is 11.8 Å². The molecule has 2 amide bonds. The van der Waals surface area contributed by atoms with Crippen molar-refractivity contribution >= 4 is 11.8 Å². The van der Waals surface area contributed by atoms with E-state index in [9.17, 15) is 9.59 Å². The normalized spacial score (nSPS) is 17.9. The zero-order valence-electron chi connectivity index (χ0n) is 6.99. The maximum Gasteiger partial charge on any atom is 0.246 e. The molecule has 4 heteroatoms. The Hall–Kier alpha value is -1.32. The van der Waals surface area contributed by atoms with Gasteiger partial charge < -0.3 is 10.6 Å². The van der Waals surface area contributed by atoms with Gasteiger partial charge in [0.15, 0.2) is 0 Å². The monoisotopic (exact) mass is 168 g/mol. The summed E-state index contributed by atoms with van der Waals surface area (Å²) in [5.74, 6) is -0.506. The quantitative estimate of drug-likeness (QED) is 0.565. The van der Waals surface area contributed by atoms with Crippen molar-refractivity contribution in [1.29, 1.82) is 0 Å². The Kier molecular flexibility index (Phi) is 2.47.